The van der Waals surface area contributed by atoms with Crippen LogP contribution in [0.2, 0.25) is 0 Å². The minimum atomic E-state index is -0.463. The van der Waals surface area contributed by atoms with E-state index in [1.54, 1.807) is 0 Å². The Kier molecular flexibility index (Phi) is 7.06. The van der Waals surface area contributed by atoms with Crippen LogP contribution >= 0.6 is 0 Å². The van der Waals surface area contributed by atoms with Crippen molar-refractivity contribution in [2.45, 2.75) is 5.41 Å². The van der Waals surface area contributed by atoms with Crippen LogP contribution in [0.3, 0.4) is 0 Å². The fourth-order valence-corrected chi connectivity index (χ4v) is 7.63. The highest BCUT2D eigenvalue weighted by Crippen LogP contribution is 2.56. The van der Waals surface area contributed by atoms with Gasteiger partial charge in [-0.1, -0.05) is 182 Å². The van der Waals surface area contributed by atoms with Gasteiger partial charge in [-0.3, -0.25) is 0 Å². The third kappa shape index (κ3) is 4.80. The second kappa shape index (κ2) is 12.0. The summed E-state index contributed by atoms with van der Waals surface area (Å²) in [5, 5.41) is 0. The van der Waals surface area contributed by atoms with Gasteiger partial charge in [-0.05, 0) is 56.6 Å². The van der Waals surface area contributed by atoms with Crippen LogP contribution in [0.5, 0.6) is 0 Å². The molecule has 0 spiro atoms. The first kappa shape index (κ1) is 28.8. The number of benzene rings is 7. The highest BCUT2D eigenvalue weighted by molar-refractivity contribution is 5.91. The molecule has 0 atom stereocenters. The number of fused-ring (bicyclic) bond motifs is 3. The van der Waals surface area contributed by atoms with Gasteiger partial charge in [0.2, 0.25) is 0 Å². The standard InChI is InChI=1S/C47H32N2/c1-5-17-33(18-6-1)44-32-45(49-46(48-44)34-19-7-2-8-20-34)41-27-14-13-25-38(41)35-29-30-40-39-26-15-16-28-42(39)47(43(40)31-35,36-21-9-3-10-22-36)37-23-11-4-12-24-37/h1-32H. The summed E-state index contributed by atoms with van der Waals surface area (Å²) in [6.45, 7) is 0. The van der Waals surface area contributed by atoms with E-state index in [0.717, 1.165) is 39.2 Å². The first-order valence-electron chi connectivity index (χ1n) is 16.8. The molecule has 2 heteroatoms. The maximum atomic E-state index is 5.20. The van der Waals surface area contributed by atoms with Gasteiger partial charge in [-0.25, -0.2) is 9.97 Å². The summed E-state index contributed by atoms with van der Waals surface area (Å²) in [5.41, 5.74) is 14.4. The van der Waals surface area contributed by atoms with Gasteiger partial charge in [-0.2, -0.15) is 0 Å². The molecule has 8 aromatic rings. The van der Waals surface area contributed by atoms with Crippen molar-refractivity contribution in [1.82, 2.24) is 9.97 Å². The smallest absolute Gasteiger partial charge is 0.160 e. The molecule has 0 bridgehead atoms. The molecule has 7 aromatic carbocycles. The molecule has 9 rings (SSSR count). The lowest BCUT2D eigenvalue weighted by atomic mass is 9.67. The zero-order chi connectivity index (χ0) is 32.6. The Morgan fingerprint density at radius 2 is 0.796 bits per heavy atom. The van der Waals surface area contributed by atoms with E-state index in [4.69, 9.17) is 9.97 Å². The minimum Gasteiger partial charge on any atom is -0.228 e. The SMILES string of the molecule is c1ccc(-c2cc(-c3ccccc3-c3ccc4c(c3)C(c3ccccc3)(c3ccccc3)c3ccccc3-4)nc(-c3ccccc3)n2)cc1. The average molecular weight is 625 g/mol. The van der Waals surface area contributed by atoms with Crippen LogP contribution in [0.25, 0.3) is 56.2 Å². The molecule has 1 heterocycles. The lowest BCUT2D eigenvalue weighted by molar-refractivity contribution is 0.769. The van der Waals surface area contributed by atoms with E-state index in [1.165, 1.54) is 33.4 Å². The summed E-state index contributed by atoms with van der Waals surface area (Å²) in [6.07, 6.45) is 0. The van der Waals surface area contributed by atoms with Crippen molar-refractivity contribution in [3.05, 3.63) is 216 Å². The van der Waals surface area contributed by atoms with Crippen LogP contribution in [0, 0.1) is 0 Å². The van der Waals surface area contributed by atoms with Crippen molar-refractivity contribution in [2.75, 3.05) is 0 Å². The number of rotatable bonds is 6. The molecular weight excluding hydrogens is 593 g/mol. The van der Waals surface area contributed by atoms with E-state index in [1.807, 2.05) is 24.3 Å². The molecule has 230 valence electrons. The van der Waals surface area contributed by atoms with Gasteiger partial charge in [0.1, 0.15) is 0 Å². The first-order valence-corrected chi connectivity index (χ1v) is 16.8. The van der Waals surface area contributed by atoms with E-state index in [2.05, 4.69) is 170 Å². The van der Waals surface area contributed by atoms with Gasteiger partial charge in [0, 0.05) is 16.7 Å². The Labute approximate surface area is 287 Å². The molecule has 0 amide bonds. The number of aromatic nitrogens is 2. The summed E-state index contributed by atoms with van der Waals surface area (Å²) >= 11 is 0. The topological polar surface area (TPSA) is 25.8 Å². The van der Waals surface area contributed by atoms with Crippen molar-refractivity contribution < 1.29 is 0 Å². The largest absolute Gasteiger partial charge is 0.228 e. The summed E-state index contributed by atoms with van der Waals surface area (Å²) in [6, 6.07) is 69.2. The molecule has 0 saturated carbocycles. The molecule has 0 unspecified atom stereocenters. The normalized spacial score (nSPS) is 12.7. The summed E-state index contributed by atoms with van der Waals surface area (Å²) in [5.74, 6) is 0.711. The lowest BCUT2D eigenvalue weighted by Crippen LogP contribution is -2.28. The van der Waals surface area contributed by atoms with Gasteiger partial charge in [0.25, 0.3) is 0 Å². The third-order valence-corrected chi connectivity index (χ3v) is 9.80. The van der Waals surface area contributed by atoms with Crippen molar-refractivity contribution in [3.8, 4) is 56.2 Å². The Morgan fingerprint density at radius 3 is 1.45 bits per heavy atom. The summed E-state index contributed by atoms with van der Waals surface area (Å²) in [7, 11) is 0. The summed E-state index contributed by atoms with van der Waals surface area (Å²) < 4.78 is 0. The van der Waals surface area contributed by atoms with Crippen molar-refractivity contribution in [3.63, 3.8) is 0 Å². The molecular formula is C47H32N2. The zero-order valence-electron chi connectivity index (χ0n) is 26.9. The Hall–Kier alpha value is -6.38. The highest BCUT2D eigenvalue weighted by Gasteiger charge is 2.46. The average Bonchev–Trinajstić information content (AvgIpc) is 3.49. The Balaban J connectivity index is 1.28. The van der Waals surface area contributed by atoms with Crippen molar-refractivity contribution >= 4 is 0 Å². The molecule has 0 fully saturated rings. The van der Waals surface area contributed by atoms with E-state index in [0.29, 0.717) is 5.82 Å². The molecule has 1 aliphatic carbocycles. The lowest BCUT2D eigenvalue weighted by Gasteiger charge is -2.34. The van der Waals surface area contributed by atoms with Crippen molar-refractivity contribution in [1.29, 1.82) is 0 Å². The molecule has 49 heavy (non-hydrogen) atoms. The number of hydrogen-bond acceptors (Lipinski definition) is 2. The molecule has 1 aromatic heterocycles. The van der Waals surface area contributed by atoms with Gasteiger partial charge < -0.3 is 0 Å². The molecule has 1 aliphatic rings. The summed E-state index contributed by atoms with van der Waals surface area (Å²) in [4.78, 5) is 10.3. The van der Waals surface area contributed by atoms with Crippen LogP contribution in [-0.2, 0) is 5.41 Å². The van der Waals surface area contributed by atoms with Gasteiger partial charge in [0.05, 0.1) is 16.8 Å². The second-order valence-corrected chi connectivity index (χ2v) is 12.5. The minimum absolute atomic E-state index is 0.463. The molecule has 0 saturated heterocycles. The predicted molar refractivity (Wildman–Crippen MR) is 201 cm³/mol. The molecule has 2 nitrogen and oxygen atoms in total. The van der Waals surface area contributed by atoms with E-state index >= 15 is 0 Å². The number of nitrogens with zero attached hydrogens (tertiary/aromatic N) is 2. The van der Waals surface area contributed by atoms with Crippen LogP contribution in [0.15, 0.2) is 194 Å². The van der Waals surface area contributed by atoms with Gasteiger partial charge in [-0.15, -0.1) is 0 Å². The fourth-order valence-electron chi connectivity index (χ4n) is 7.63. The predicted octanol–water partition coefficient (Wildman–Crippen LogP) is 11.5. The van der Waals surface area contributed by atoms with E-state index < -0.39 is 5.41 Å². The Morgan fingerprint density at radius 1 is 0.306 bits per heavy atom. The molecule has 0 aliphatic heterocycles. The van der Waals surface area contributed by atoms with Crippen LogP contribution < -0.4 is 0 Å². The maximum absolute atomic E-state index is 5.20. The maximum Gasteiger partial charge on any atom is 0.160 e. The molecule has 0 radical (unpaired) electrons. The van der Waals surface area contributed by atoms with E-state index in [-0.39, 0.29) is 0 Å². The fraction of sp³-hybridized carbons (Fsp3) is 0.0213. The Bertz CT molecular complexity index is 2320. The monoisotopic (exact) mass is 624 g/mol. The third-order valence-electron chi connectivity index (χ3n) is 9.80. The van der Waals surface area contributed by atoms with Crippen LogP contribution in [-0.4, -0.2) is 9.97 Å². The van der Waals surface area contributed by atoms with E-state index in [9.17, 15) is 0 Å². The van der Waals surface area contributed by atoms with Gasteiger partial charge in [0.15, 0.2) is 5.82 Å². The first-order chi connectivity index (χ1) is 24.3. The zero-order valence-corrected chi connectivity index (χ0v) is 26.9. The van der Waals surface area contributed by atoms with Gasteiger partial charge >= 0.3 is 0 Å². The molecule has 0 N–H and O–H groups in total. The quantitative estimate of drug-likeness (QED) is 0.184. The highest BCUT2D eigenvalue weighted by atomic mass is 14.9. The van der Waals surface area contributed by atoms with Crippen LogP contribution in [0.4, 0.5) is 0 Å². The second-order valence-electron chi connectivity index (χ2n) is 12.5. The van der Waals surface area contributed by atoms with Crippen LogP contribution in [0.1, 0.15) is 22.3 Å². The van der Waals surface area contributed by atoms with Crippen molar-refractivity contribution in [2.24, 2.45) is 0 Å². The number of hydrogen-bond donors (Lipinski definition) is 0.